The summed E-state index contributed by atoms with van der Waals surface area (Å²) in [4.78, 5) is 16.7. The quantitative estimate of drug-likeness (QED) is 0.839. The Hall–Kier alpha value is -0.810. The Morgan fingerprint density at radius 2 is 1.58 bits per heavy atom. The molecule has 1 amide bonds. The Morgan fingerprint density at radius 3 is 2.12 bits per heavy atom. The van der Waals surface area contributed by atoms with Gasteiger partial charge < -0.3 is 15.0 Å². The highest BCUT2D eigenvalue weighted by molar-refractivity contribution is 5.68. The van der Waals surface area contributed by atoms with Gasteiger partial charge in [-0.25, -0.2) is 4.79 Å². The van der Waals surface area contributed by atoms with Crippen molar-refractivity contribution in [1.82, 2.24) is 15.1 Å². The molecule has 0 saturated carbocycles. The van der Waals surface area contributed by atoms with E-state index in [2.05, 4.69) is 31.0 Å². The molecule has 2 aliphatic heterocycles. The molecule has 1 N–H and O–H groups in total. The molecule has 140 valence electrons. The molecule has 2 heterocycles. The summed E-state index contributed by atoms with van der Waals surface area (Å²) in [5, 5.41) is 3.80. The highest BCUT2D eigenvalue weighted by Crippen LogP contribution is 2.22. The maximum Gasteiger partial charge on any atom is 0.410 e. The van der Waals surface area contributed by atoms with Gasteiger partial charge in [0.1, 0.15) is 5.60 Å². The fourth-order valence-electron chi connectivity index (χ4n) is 3.66. The highest BCUT2D eigenvalue weighted by Gasteiger charge is 2.31. The second-order valence-electron chi connectivity index (χ2n) is 9.36. The number of amides is 1. The standard InChI is InChI=1S/C19H37N3O2/c1-18(2,3)22-12-9-15(10-13-22)20-16-8-7-11-21(14-16)17(23)24-19(4,5)6/h15-16,20H,7-14H2,1-6H3. The van der Waals surface area contributed by atoms with E-state index < -0.39 is 5.60 Å². The van der Waals surface area contributed by atoms with E-state index in [1.165, 1.54) is 12.8 Å². The topological polar surface area (TPSA) is 44.8 Å². The minimum absolute atomic E-state index is 0.170. The van der Waals surface area contributed by atoms with Crippen molar-refractivity contribution in [3.63, 3.8) is 0 Å². The first-order valence-electron chi connectivity index (χ1n) is 9.53. The molecule has 0 aromatic carbocycles. The Bertz CT molecular complexity index is 417. The summed E-state index contributed by atoms with van der Waals surface area (Å²) >= 11 is 0. The van der Waals surface area contributed by atoms with Gasteiger partial charge in [0.25, 0.3) is 0 Å². The Labute approximate surface area is 148 Å². The third kappa shape index (κ3) is 5.92. The molecule has 5 nitrogen and oxygen atoms in total. The molecule has 2 saturated heterocycles. The predicted molar refractivity (Wildman–Crippen MR) is 98.3 cm³/mol. The molecule has 1 unspecified atom stereocenters. The van der Waals surface area contributed by atoms with Crippen LogP contribution >= 0.6 is 0 Å². The van der Waals surface area contributed by atoms with E-state index in [-0.39, 0.29) is 11.6 Å². The molecule has 2 aliphatic rings. The number of rotatable bonds is 2. The molecule has 1 atom stereocenters. The summed E-state index contributed by atoms with van der Waals surface area (Å²) < 4.78 is 5.52. The average Bonchev–Trinajstić information content (AvgIpc) is 2.45. The molecule has 24 heavy (non-hydrogen) atoms. The van der Waals surface area contributed by atoms with Crippen LogP contribution in [0.25, 0.3) is 0 Å². The van der Waals surface area contributed by atoms with E-state index >= 15 is 0 Å². The Balaban J connectivity index is 1.78. The highest BCUT2D eigenvalue weighted by atomic mass is 16.6. The second-order valence-corrected chi connectivity index (χ2v) is 9.36. The number of nitrogens with zero attached hydrogens (tertiary/aromatic N) is 2. The normalized spacial score (nSPS) is 24.9. The lowest BCUT2D eigenvalue weighted by molar-refractivity contribution is 0.0174. The van der Waals surface area contributed by atoms with E-state index in [0.29, 0.717) is 12.1 Å². The SMILES string of the molecule is CC(C)(C)OC(=O)N1CCCC(NC2CCN(C(C)(C)C)CC2)C1. The molecule has 2 fully saturated rings. The van der Waals surface area contributed by atoms with Crippen molar-refractivity contribution < 1.29 is 9.53 Å². The summed E-state index contributed by atoms with van der Waals surface area (Å²) in [6.07, 6.45) is 4.42. The summed E-state index contributed by atoms with van der Waals surface area (Å²) in [6.45, 7) is 16.5. The van der Waals surface area contributed by atoms with Gasteiger partial charge in [-0.3, -0.25) is 4.90 Å². The zero-order chi connectivity index (χ0) is 18.0. The van der Waals surface area contributed by atoms with Crippen LogP contribution in [0.15, 0.2) is 0 Å². The van der Waals surface area contributed by atoms with Crippen molar-refractivity contribution in [3.05, 3.63) is 0 Å². The number of nitrogens with one attached hydrogen (secondary N) is 1. The number of hydrogen-bond donors (Lipinski definition) is 1. The largest absolute Gasteiger partial charge is 0.444 e. The number of likely N-dealkylation sites (tertiary alicyclic amines) is 2. The fraction of sp³-hybridized carbons (Fsp3) is 0.947. The first-order valence-corrected chi connectivity index (χ1v) is 9.53. The summed E-state index contributed by atoms with van der Waals surface area (Å²) in [7, 11) is 0. The van der Waals surface area contributed by atoms with Gasteiger partial charge in [-0.2, -0.15) is 0 Å². The van der Waals surface area contributed by atoms with Crippen molar-refractivity contribution in [2.24, 2.45) is 0 Å². The molecule has 0 aromatic rings. The summed E-state index contributed by atoms with van der Waals surface area (Å²) in [5.74, 6) is 0. The summed E-state index contributed by atoms with van der Waals surface area (Å²) in [5.41, 5.74) is -0.152. The molecule has 0 radical (unpaired) electrons. The maximum atomic E-state index is 12.3. The van der Waals surface area contributed by atoms with Crippen LogP contribution < -0.4 is 5.32 Å². The van der Waals surface area contributed by atoms with Crippen LogP contribution in [0.4, 0.5) is 4.79 Å². The molecule has 2 rings (SSSR count). The van der Waals surface area contributed by atoms with E-state index in [4.69, 9.17) is 4.74 Å². The minimum Gasteiger partial charge on any atom is -0.444 e. The Morgan fingerprint density at radius 1 is 0.958 bits per heavy atom. The maximum absolute atomic E-state index is 12.3. The minimum atomic E-state index is -0.419. The molecule has 0 aromatic heterocycles. The van der Waals surface area contributed by atoms with Crippen LogP contribution in [-0.4, -0.2) is 65.3 Å². The molecule has 0 aliphatic carbocycles. The number of ether oxygens (including phenoxy) is 1. The van der Waals surface area contributed by atoms with E-state index in [9.17, 15) is 4.79 Å². The summed E-state index contributed by atoms with van der Waals surface area (Å²) in [6, 6.07) is 0.977. The van der Waals surface area contributed by atoms with Gasteiger partial charge in [0.2, 0.25) is 0 Å². The first-order chi connectivity index (χ1) is 11.0. The molecular formula is C19H37N3O2. The Kier molecular flexibility index (Phi) is 6.19. The van der Waals surface area contributed by atoms with Crippen molar-refractivity contribution in [1.29, 1.82) is 0 Å². The first kappa shape index (κ1) is 19.5. The average molecular weight is 340 g/mol. The van der Waals surface area contributed by atoms with Crippen molar-refractivity contribution in [3.8, 4) is 0 Å². The number of piperidine rings is 2. The smallest absolute Gasteiger partial charge is 0.410 e. The zero-order valence-corrected chi connectivity index (χ0v) is 16.5. The monoisotopic (exact) mass is 339 g/mol. The van der Waals surface area contributed by atoms with Gasteiger partial charge >= 0.3 is 6.09 Å². The number of carbonyl (C=O) groups excluding carboxylic acids is 1. The van der Waals surface area contributed by atoms with E-state index in [1.54, 1.807) is 0 Å². The number of carbonyl (C=O) groups is 1. The van der Waals surface area contributed by atoms with Gasteiger partial charge in [0.05, 0.1) is 0 Å². The predicted octanol–water partition coefficient (Wildman–Crippen LogP) is 3.24. The van der Waals surface area contributed by atoms with Gasteiger partial charge in [-0.1, -0.05) is 0 Å². The van der Waals surface area contributed by atoms with Crippen LogP contribution in [0.3, 0.4) is 0 Å². The zero-order valence-electron chi connectivity index (χ0n) is 16.5. The molecule has 5 heteroatoms. The van der Waals surface area contributed by atoms with Crippen molar-refractivity contribution in [2.45, 2.75) is 90.4 Å². The molecular weight excluding hydrogens is 302 g/mol. The lowest BCUT2D eigenvalue weighted by Crippen LogP contribution is -2.55. The van der Waals surface area contributed by atoms with Crippen LogP contribution in [0.5, 0.6) is 0 Å². The van der Waals surface area contributed by atoms with Crippen LogP contribution in [0, 0.1) is 0 Å². The van der Waals surface area contributed by atoms with Crippen molar-refractivity contribution in [2.75, 3.05) is 26.2 Å². The number of hydrogen-bond acceptors (Lipinski definition) is 4. The van der Waals surface area contributed by atoms with E-state index in [1.807, 2.05) is 25.7 Å². The van der Waals surface area contributed by atoms with Gasteiger partial charge in [-0.15, -0.1) is 0 Å². The van der Waals surface area contributed by atoms with Gasteiger partial charge in [-0.05, 0) is 67.2 Å². The van der Waals surface area contributed by atoms with Crippen LogP contribution in [-0.2, 0) is 4.74 Å². The lowest BCUT2D eigenvalue weighted by Gasteiger charge is -2.43. The van der Waals surface area contributed by atoms with Gasteiger partial charge in [0, 0.05) is 43.8 Å². The third-order valence-electron chi connectivity index (χ3n) is 4.99. The van der Waals surface area contributed by atoms with E-state index in [0.717, 1.165) is 39.0 Å². The lowest BCUT2D eigenvalue weighted by atomic mass is 9.96. The van der Waals surface area contributed by atoms with Crippen molar-refractivity contribution >= 4 is 6.09 Å². The molecule has 0 spiro atoms. The fourth-order valence-corrected chi connectivity index (χ4v) is 3.66. The van der Waals surface area contributed by atoms with Crippen LogP contribution in [0.2, 0.25) is 0 Å². The second kappa shape index (κ2) is 7.61. The van der Waals surface area contributed by atoms with Gasteiger partial charge in [0.15, 0.2) is 0 Å². The third-order valence-corrected chi connectivity index (χ3v) is 4.99. The van der Waals surface area contributed by atoms with Crippen LogP contribution in [0.1, 0.15) is 67.2 Å². The molecule has 0 bridgehead atoms.